The van der Waals surface area contributed by atoms with Crippen molar-refractivity contribution in [2.45, 2.75) is 38.6 Å². The number of nitrogens with zero attached hydrogens (tertiary/aromatic N) is 3. The molecule has 0 radical (unpaired) electrons. The Labute approximate surface area is 240 Å². The van der Waals surface area contributed by atoms with Crippen molar-refractivity contribution in [1.29, 1.82) is 0 Å². The predicted molar refractivity (Wildman–Crippen MR) is 164 cm³/mol. The van der Waals surface area contributed by atoms with Crippen LogP contribution in [0.2, 0.25) is 0 Å². The second kappa shape index (κ2) is 9.74. The summed E-state index contributed by atoms with van der Waals surface area (Å²) in [4.78, 5) is 19.2. The van der Waals surface area contributed by atoms with Crippen molar-refractivity contribution in [3.63, 3.8) is 0 Å². The van der Waals surface area contributed by atoms with Gasteiger partial charge < -0.3 is 4.57 Å². The molecule has 41 heavy (non-hydrogen) atoms. The molecule has 1 aliphatic rings. The molecule has 0 saturated carbocycles. The van der Waals surface area contributed by atoms with Gasteiger partial charge in [0.25, 0.3) is 0 Å². The van der Waals surface area contributed by atoms with Crippen LogP contribution in [-0.2, 0) is 18.4 Å². The molecular formula is C37H33N3O. The molecule has 0 fully saturated rings. The van der Waals surface area contributed by atoms with Crippen LogP contribution < -0.4 is 0 Å². The standard InChI is InChI=1S/C37H33N3O/c1-27-33(25-36(2)23-22-32-24-28-14-12-13-21-34(28)40(32)35(36)41)38-26-39(27)37(29-15-6-3-7-16-29,30-17-8-4-9-18-30)31-19-10-5-11-20-31/h3-21,24,26H,22-23,25H2,1-2H3. The summed E-state index contributed by atoms with van der Waals surface area (Å²) in [5.41, 5.74) is 6.44. The maximum Gasteiger partial charge on any atom is 0.237 e. The van der Waals surface area contributed by atoms with E-state index in [9.17, 15) is 4.79 Å². The van der Waals surface area contributed by atoms with Crippen molar-refractivity contribution in [2.75, 3.05) is 0 Å². The van der Waals surface area contributed by atoms with Crippen molar-refractivity contribution < 1.29 is 4.79 Å². The Kier molecular flexibility index (Phi) is 6.01. The van der Waals surface area contributed by atoms with Crippen LogP contribution >= 0.6 is 0 Å². The Balaban J connectivity index is 1.37. The van der Waals surface area contributed by atoms with Gasteiger partial charge in [0.15, 0.2) is 0 Å². The maximum atomic E-state index is 14.1. The molecular weight excluding hydrogens is 502 g/mol. The fraction of sp³-hybridized carbons (Fsp3) is 0.189. The zero-order valence-electron chi connectivity index (χ0n) is 23.5. The average Bonchev–Trinajstić information content (AvgIpc) is 3.58. The van der Waals surface area contributed by atoms with Crippen molar-refractivity contribution in [3.05, 3.63) is 161 Å². The number of rotatable bonds is 6. The summed E-state index contributed by atoms with van der Waals surface area (Å²) in [6.07, 6.45) is 4.24. The predicted octanol–water partition coefficient (Wildman–Crippen LogP) is 7.82. The molecule has 7 rings (SSSR count). The summed E-state index contributed by atoms with van der Waals surface area (Å²) in [7, 11) is 0. The zero-order chi connectivity index (χ0) is 28.0. The van der Waals surface area contributed by atoms with Crippen LogP contribution in [0.4, 0.5) is 0 Å². The first-order valence-corrected chi connectivity index (χ1v) is 14.4. The summed E-state index contributed by atoms with van der Waals surface area (Å²) >= 11 is 0. The number of hydrogen-bond acceptors (Lipinski definition) is 2. The van der Waals surface area contributed by atoms with Gasteiger partial charge in [-0.05, 0) is 48.6 Å². The molecule has 4 nitrogen and oxygen atoms in total. The third kappa shape index (κ3) is 3.89. The van der Waals surface area contributed by atoms with Crippen LogP contribution in [0.15, 0.2) is 128 Å². The molecule has 2 aromatic heterocycles. The number of aryl methyl sites for hydroxylation is 1. The molecule has 1 atom stereocenters. The lowest BCUT2D eigenvalue weighted by Crippen LogP contribution is -2.40. The van der Waals surface area contributed by atoms with Crippen LogP contribution in [0.1, 0.15) is 51.9 Å². The summed E-state index contributed by atoms with van der Waals surface area (Å²) < 4.78 is 4.27. The third-order valence-electron chi connectivity index (χ3n) is 9.04. The first kappa shape index (κ1) is 25.3. The molecule has 0 amide bonds. The van der Waals surface area contributed by atoms with E-state index in [-0.39, 0.29) is 5.91 Å². The number of hydrogen-bond donors (Lipinski definition) is 0. The molecule has 4 aromatic carbocycles. The lowest BCUT2D eigenvalue weighted by Gasteiger charge is -2.38. The fourth-order valence-corrected chi connectivity index (χ4v) is 6.86. The van der Waals surface area contributed by atoms with Gasteiger partial charge in [-0.2, -0.15) is 0 Å². The SMILES string of the molecule is Cc1c(CC2(C)CCc3cc4ccccc4n3C2=O)ncn1C(c1ccccc1)(c1ccccc1)c1ccccc1. The van der Waals surface area contributed by atoms with Crippen LogP contribution in [0.25, 0.3) is 10.9 Å². The molecule has 202 valence electrons. The van der Waals surface area contributed by atoms with E-state index in [1.165, 1.54) is 0 Å². The van der Waals surface area contributed by atoms with Gasteiger partial charge in [-0.1, -0.05) is 116 Å². The highest BCUT2D eigenvalue weighted by atomic mass is 16.2. The maximum absolute atomic E-state index is 14.1. The Bertz CT molecular complexity index is 1750. The van der Waals surface area contributed by atoms with Crippen LogP contribution in [-0.4, -0.2) is 20.0 Å². The quantitative estimate of drug-likeness (QED) is 0.204. The summed E-state index contributed by atoms with van der Waals surface area (Å²) in [5, 5.41) is 1.12. The van der Waals surface area contributed by atoms with E-state index < -0.39 is 11.0 Å². The Morgan fingerprint density at radius 2 is 1.32 bits per heavy atom. The van der Waals surface area contributed by atoms with Gasteiger partial charge in [-0.15, -0.1) is 0 Å². The van der Waals surface area contributed by atoms with Gasteiger partial charge in [0, 0.05) is 23.2 Å². The third-order valence-corrected chi connectivity index (χ3v) is 9.04. The lowest BCUT2D eigenvalue weighted by atomic mass is 9.76. The normalized spacial score (nSPS) is 17.1. The van der Waals surface area contributed by atoms with Gasteiger partial charge in [-0.25, -0.2) is 4.98 Å². The highest BCUT2D eigenvalue weighted by Crippen LogP contribution is 2.43. The average molecular weight is 536 g/mol. The molecule has 0 saturated heterocycles. The second-order valence-electron chi connectivity index (χ2n) is 11.5. The van der Waals surface area contributed by atoms with E-state index in [0.717, 1.165) is 57.5 Å². The van der Waals surface area contributed by atoms with Crippen molar-refractivity contribution in [2.24, 2.45) is 5.41 Å². The van der Waals surface area contributed by atoms with Gasteiger partial charge in [-0.3, -0.25) is 9.36 Å². The summed E-state index contributed by atoms with van der Waals surface area (Å²) in [5.74, 6) is 0.161. The van der Waals surface area contributed by atoms with Crippen molar-refractivity contribution in [3.8, 4) is 0 Å². The molecule has 3 heterocycles. The first-order valence-electron chi connectivity index (χ1n) is 14.4. The molecule has 0 spiro atoms. The smallest absolute Gasteiger partial charge is 0.237 e. The van der Waals surface area contributed by atoms with Gasteiger partial charge in [0.2, 0.25) is 5.91 Å². The van der Waals surface area contributed by atoms with E-state index in [2.05, 4.69) is 128 Å². The monoisotopic (exact) mass is 535 g/mol. The number of imidazole rings is 1. The van der Waals surface area contributed by atoms with Crippen molar-refractivity contribution >= 4 is 16.8 Å². The van der Waals surface area contributed by atoms with Crippen molar-refractivity contribution in [1.82, 2.24) is 14.1 Å². The minimum atomic E-state index is -0.625. The van der Waals surface area contributed by atoms with Gasteiger partial charge in [0.05, 0.1) is 23.0 Å². The minimum absolute atomic E-state index is 0.161. The summed E-state index contributed by atoms with van der Waals surface area (Å²) in [6.45, 7) is 4.27. The Morgan fingerprint density at radius 1 is 0.780 bits per heavy atom. The largest absolute Gasteiger partial charge is 0.316 e. The van der Waals surface area contributed by atoms with E-state index in [1.807, 2.05) is 23.0 Å². The minimum Gasteiger partial charge on any atom is -0.316 e. The number of carbonyl (C=O) groups is 1. The zero-order valence-corrected chi connectivity index (χ0v) is 23.5. The second-order valence-corrected chi connectivity index (χ2v) is 11.5. The molecule has 1 aliphatic heterocycles. The van der Waals surface area contributed by atoms with Gasteiger partial charge in [0.1, 0.15) is 5.54 Å². The number of fused-ring (bicyclic) bond motifs is 3. The summed E-state index contributed by atoms with van der Waals surface area (Å²) in [6, 6.07) is 42.3. The van der Waals surface area contributed by atoms with Crippen LogP contribution in [0, 0.1) is 12.3 Å². The number of carbonyl (C=O) groups excluding carboxylic acids is 1. The molecule has 0 N–H and O–H groups in total. The topological polar surface area (TPSA) is 39.8 Å². The number of aromatic nitrogens is 3. The molecule has 4 heteroatoms. The molecule has 1 unspecified atom stereocenters. The Hall–Kier alpha value is -4.70. The van der Waals surface area contributed by atoms with E-state index in [4.69, 9.17) is 4.98 Å². The fourth-order valence-electron chi connectivity index (χ4n) is 6.86. The van der Waals surface area contributed by atoms with Crippen LogP contribution in [0.5, 0.6) is 0 Å². The number of para-hydroxylation sites is 1. The van der Waals surface area contributed by atoms with Gasteiger partial charge >= 0.3 is 0 Å². The molecule has 0 aliphatic carbocycles. The highest BCUT2D eigenvalue weighted by molar-refractivity contribution is 5.97. The van der Waals surface area contributed by atoms with Crippen LogP contribution in [0.3, 0.4) is 0 Å². The molecule has 0 bridgehead atoms. The van der Waals surface area contributed by atoms with E-state index in [0.29, 0.717) is 6.42 Å². The van der Waals surface area contributed by atoms with E-state index in [1.54, 1.807) is 0 Å². The lowest BCUT2D eigenvalue weighted by molar-refractivity contribution is 0.0677. The number of benzene rings is 4. The Morgan fingerprint density at radius 3 is 1.90 bits per heavy atom. The first-order chi connectivity index (χ1) is 20.0. The molecule has 6 aromatic rings. The van der Waals surface area contributed by atoms with E-state index >= 15 is 0 Å². The highest BCUT2D eigenvalue weighted by Gasteiger charge is 2.43.